The lowest BCUT2D eigenvalue weighted by Gasteiger charge is -2.10. The van der Waals surface area contributed by atoms with Crippen molar-refractivity contribution in [3.05, 3.63) is 29.8 Å². The molecule has 0 aliphatic rings. The Kier molecular flexibility index (Phi) is 5.24. The van der Waals surface area contributed by atoms with Gasteiger partial charge in [0.15, 0.2) is 0 Å². The fourth-order valence-corrected chi connectivity index (χ4v) is 2.68. The number of nitrogens with two attached hydrogens (primary N) is 1. The van der Waals surface area contributed by atoms with Crippen molar-refractivity contribution in [1.29, 1.82) is 0 Å². The van der Waals surface area contributed by atoms with E-state index in [-0.39, 0.29) is 5.97 Å². The maximum atomic E-state index is 11.1. The Labute approximate surface area is 127 Å². The first-order chi connectivity index (χ1) is 10.2. The van der Waals surface area contributed by atoms with Crippen molar-refractivity contribution in [2.24, 2.45) is 5.84 Å². The minimum absolute atomic E-state index is 0.249. The van der Waals surface area contributed by atoms with Crippen molar-refractivity contribution in [3.8, 4) is 5.75 Å². The quantitative estimate of drug-likeness (QED) is 0.479. The molecule has 0 aliphatic carbocycles. The molecule has 0 fully saturated rings. The maximum absolute atomic E-state index is 11.1. The zero-order valence-electron chi connectivity index (χ0n) is 11.9. The van der Waals surface area contributed by atoms with Gasteiger partial charge in [-0.25, -0.2) is 10.8 Å². The number of ether oxygens (including phenoxy) is 2. The number of esters is 1. The van der Waals surface area contributed by atoms with Crippen LogP contribution in [0.15, 0.2) is 24.3 Å². The van der Waals surface area contributed by atoms with Gasteiger partial charge in [0.25, 0.3) is 0 Å². The van der Waals surface area contributed by atoms with Crippen molar-refractivity contribution < 1.29 is 14.3 Å². The van der Waals surface area contributed by atoms with Gasteiger partial charge in [0.1, 0.15) is 11.6 Å². The van der Waals surface area contributed by atoms with Crippen LogP contribution in [0.3, 0.4) is 0 Å². The predicted molar refractivity (Wildman–Crippen MR) is 84.3 cm³/mol. The number of benzene rings is 1. The van der Waals surface area contributed by atoms with Crippen LogP contribution in [0.1, 0.15) is 5.56 Å². The van der Waals surface area contributed by atoms with Crippen LogP contribution in [0, 0.1) is 0 Å². The zero-order chi connectivity index (χ0) is 15.2. The van der Waals surface area contributed by atoms with Gasteiger partial charge >= 0.3 is 5.97 Å². The average Bonchev–Trinajstić information content (AvgIpc) is 2.53. The first kappa shape index (κ1) is 15.4. The average molecular weight is 307 g/mol. The van der Waals surface area contributed by atoms with Crippen molar-refractivity contribution >= 4 is 34.5 Å². The van der Waals surface area contributed by atoms with Gasteiger partial charge in [0.2, 0.25) is 0 Å². The van der Waals surface area contributed by atoms with Gasteiger partial charge in [0, 0.05) is 22.8 Å². The number of hydrazine groups is 1. The van der Waals surface area contributed by atoms with Gasteiger partial charge in [-0.15, -0.1) is 11.8 Å². The number of anilines is 1. The van der Waals surface area contributed by atoms with E-state index in [9.17, 15) is 4.79 Å². The fraction of sp³-hybridized carbons (Fsp3) is 0.286. The second-order valence-electron chi connectivity index (χ2n) is 4.27. The minimum Gasteiger partial charge on any atom is -0.497 e. The summed E-state index contributed by atoms with van der Waals surface area (Å²) in [4.78, 5) is 15.6. The second kappa shape index (κ2) is 7.14. The molecule has 0 amide bonds. The van der Waals surface area contributed by atoms with E-state index in [0.29, 0.717) is 17.3 Å². The Morgan fingerprint density at radius 2 is 2.19 bits per heavy atom. The van der Waals surface area contributed by atoms with Crippen LogP contribution in [0.5, 0.6) is 5.75 Å². The fourth-order valence-electron chi connectivity index (χ4n) is 1.86. The molecular formula is C14H17N3O3S. The molecule has 0 saturated heterocycles. The third-order valence-electron chi connectivity index (χ3n) is 2.95. The summed E-state index contributed by atoms with van der Waals surface area (Å²) in [6, 6.07) is 7.67. The summed E-state index contributed by atoms with van der Waals surface area (Å²) in [5, 5.41) is 0.989. The van der Waals surface area contributed by atoms with E-state index in [0.717, 1.165) is 22.2 Å². The lowest BCUT2D eigenvalue weighted by Crippen LogP contribution is -2.11. The number of carbonyl (C=O) groups is 1. The number of nitrogen functional groups attached to an aromatic ring is 1. The standard InChI is InChI=1S/C14H17N3O3S/c1-19-11-4-3-9-5-10(7-21-8-13(18)20-2)14(17-15)16-12(9)6-11/h3-6H,7-8,15H2,1-2H3,(H,16,17). The van der Waals surface area contributed by atoms with Crippen LogP contribution in [0.25, 0.3) is 10.9 Å². The Bertz CT molecular complexity index is 649. The maximum Gasteiger partial charge on any atom is 0.315 e. The van der Waals surface area contributed by atoms with Crippen LogP contribution in [-0.4, -0.2) is 30.9 Å². The lowest BCUT2D eigenvalue weighted by molar-refractivity contribution is -0.137. The van der Waals surface area contributed by atoms with Crippen molar-refractivity contribution in [2.75, 3.05) is 25.4 Å². The third-order valence-corrected chi connectivity index (χ3v) is 3.90. The second-order valence-corrected chi connectivity index (χ2v) is 5.25. The van der Waals surface area contributed by atoms with Crippen LogP contribution in [0.2, 0.25) is 0 Å². The number of thioether (sulfide) groups is 1. The first-order valence-corrected chi connectivity index (χ1v) is 7.42. The van der Waals surface area contributed by atoms with E-state index in [2.05, 4.69) is 15.1 Å². The topological polar surface area (TPSA) is 86.5 Å². The zero-order valence-corrected chi connectivity index (χ0v) is 12.7. The molecule has 0 aliphatic heterocycles. The summed E-state index contributed by atoms with van der Waals surface area (Å²) in [5.41, 5.74) is 4.33. The number of nitrogens with one attached hydrogen (secondary N) is 1. The first-order valence-electron chi connectivity index (χ1n) is 6.26. The van der Waals surface area contributed by atoms with E-state index < -0.39 is 0 Å². The van der Waals surface area contributed by atoms with E-state index in [4.69, 9.17) is 10.6 Å². The van der Waals surface area contributed by atoms with E-state index in [1.165, 1.54) is 18.9 Å². The molecule has 0 saturated carbocycles. The molecule has 0 spiro atoms. The molecule has 112 valence electrons. The molecule has 1 aromatic carbocycles. The summed E-state index contributed by atoms with van der Waals surface area (Å²) < 4.78 is 9.79. The molecule has 6 nitrogen and oxygen atoms in total. The molecule has 1 aromatic heterocycles. The molecule has 0 unspecified atom stereocenters. The van der Waals surface area contributed by atoms with Crippen molar-refractivity contribution in [1.82, 2.24) is 4.98 Å². The molecule has 21 heavy (non-hydrogen) atoms. The van der Waals surface area contributed by atoms with Crippen LogP contribution < -0.4 is 16.0 Å². The number of pyridine rings is 1. The molecule has 1 heterocycles. The Balaban J connectivity index is 2.24. The molecule has 2 rings (SSSR count). The van der Waals surface area contributed by atoms with Crippen molar-refractivity contribution in [3.63, 3.8) is 0 Å². The molecule has 0 atom stereocenters. The van der Waals surface area contributed by atoms with E-state index in [1.54, 1.807) is 7.11 Å². The van der Waals surface area contributed by atoms with Crippen LogP contribution >= 0.6 is 11.8 Å². The normalized spacial score (nSPS) is 10.4. The Hall–Kier alpha value is -1.99. The largest absolute Gasteiger partial charge is 0.497 e. The number of carbonyl (C=O) groups excluding carboxylic acids is 1. The Morgan fingerprint density at radius 3 is 2.86 bits per heavy atom. The molecule has 3 N–H and O–H groups in total. The number of methoxy groups -OCH3 is 2. The third kappa shape index (κ3) is 3.77. The van der Waals surface area contributed by atoms with E-state index >= 15 is 0 Å². The highest BCUT2D eigenvalue weighted by Gasteiger charge is 2.09. The summed E-state index contributed by atoms with van der Waals surface area (Å²) in [7, 11) is 2.99. The number of hydrogen-bond acceptors (Lipinski definition) is 7. The summed E-state index contributed by atoms with van der Waals surface area (Å²) in [6.07, 6.45) is 0. The SMILES string of the molecule is COC(=O)CSCc1cc2ccc(OC)cc2nc1NN. The van der Waals surface area contributed by atoms with Gasteiger partial charge < -0.3 is 14.9 Å². The van der Waals surface area contributed by atoms with Crippen molar-refractivity contribution in [2.45, 2.75) is 5.75 Å². The molecular weight excluding hydrogens is 290 g/mol. The minimum atomic E-state index is -0.249. The van der Waals surface area contributed by atoms with Gasteiger partial charge in [-0.3, -0.25) is 4.79 Å². The number of fused-ring (bicyclic) bond motifs is 1. The highest BCUT2D eigenvalue weighted by Crippen LogP contribution is 2.26. The highest BCUT2D eigenvalue weighted by molar-refractivity contribution is 7.99. The van der Waals surface area contributed by atoms with Gasteiger partial charge in [-0.05, 0) is 18.2 Å². The van der Waals surface area contributed by atoms with Crippen LogP contribution in [-0.2, 0) is 15.3 Å². The lowest BCUT2D eigenvalue weighted by atomic mass is 10.1. The van der Waals surface area contributed by atoms with Gasteiger partial charge in [-0.1, -0.05) is 0 Å². The summed E-state index contributed by atoms with van der Waals surface area (Å²) in [6.45, 7) is 0. The van der Waals surface area contributed by atoms with Gasteiger partial charge in [-0.2, -0.15) is 0 Å². The number of nitrogens with zero attached hydrogens (tertiary/aromatic N) is 1. The van der Waals surface area contributed by atoms with Gasteiger partial charge in [0.05, 0.1) is 25.5 Å². The summed E-state index contributed by atoms with van der Waals surface area (Å²) in [5.74, 6) is 7.52. The molecule has 2 aromatic rings. The van der Waals surface area contributed by atoms with Crippen LogP contribution in [0.4, 0.5) is 5.82 Å². The van der Waals surface area contributed by atoms with E-state index in [1.807, 2.05) is 24.3 Å². The highest BCUT2D eigenvalue weighted by atomic mass is 32.2. The monoisotopic (exact) mass is 307 g/mol. The number of aromatic nitrogens is 1. The molecule has 0 radical (unpaired) electrons. The molecule has 7 heteroatoms. The smallest absolute Gasteiger partial charge is 0.315 e. The number of rotatable bonds is 6. The number of hydrogen-bond donors (Lipinski definition) is 2. The predicted octanol–water partition coefficient (Wildman–Crippen LogP) is 1.94. The summed E-state index contributed by atoms with van der Waals surface area (Å²) >= 11 is 1.45. The molecule has 0 bridgehead atoms. The Morgan fingerprint density at radius 1 is 1.38 bits per heavy atom.